The molecular formula is C12H14BrClN2O. The molecule has 5 heteroatoms. The zero-order valence-corrected chi connectivity index (χ0v) is 11.6. The molecule has 0 aromatic heterocycles. The summed E-state index contributed by atoms with van der Waals surface area (Å²) in [4.78, 5) is 11.6. The molecule has 2 N–H and O–H groups in total. The maximum absolute atomic E-state index is 11.6. The summed E-state index contributed by atoms with van der Waals surface area (Å²) in [6.07, 6.45) is 1.92. The Bertz CT molecular complexity index is 425. The number of rotatable bonds is 3. The lowest BCUT2D eigenvalue weighted by atomic mass is 10.1. The maximum atomic E-state index is 11.6. The summed E-state index contributed by atoms with van der Waals surface area (Å²) >= 11 is 9.41. The average molecular weight is 318 g/mol. The quantitative estimate of drug-likeness (QED) is 0.899. The SMILES string of the molecule is O=C1NCCCC1NCc1cc(Cl)ccc1Br. The molecule has 1 unspecified atom stereocenters. The van der Waals surface area contributed by atoms with Gasteiger partial charge in [-0.25, -0.2) is 0 Å². The van der Waals surface area contributed by atoms with Gasteiger partial charge in [0.05, 0.1) is 6.04 Å². The van der Waals surface area contributed by atoms with Gasteiger partial charge >= 0.3 is 0 Å². The molecule has 1 saturated heterocycles. The highest BCUT2D eigenvalue weighted by Crippen LogP contribution is 2.21. The molecule has 1 fully saturated rings. The Labute approximate surface area is 114 Å². The van der Waals surface area contributed by atoms with E-state index in [1.54, 1.807) is 0 Å². The first-order valence-corrected chi connectivity index (χ1v) is 6.79. The molecule has 1 aromatic carbocycles. The number of halogens is 2. The standard InChI is InChI=1S/C12H14BrClN2O/c13-10-4-3-9(14)6-8(10)7-16-11-2-1-5-15-12(11)17/h3-4,6,11,16H,1-2,5,7H2,(H,15,17). The van der Waals surface area contributed by atoms with Gasteiger partial charge in [0.25, 0.3) is 0 Å². The second-order valence-corrected chi connectivity index (χ2v) is 5.39. The normalized spacial score (nSPS) is 20.1. The van der Waals surface area contributed by atoms with Gasteiger partial charge in [0.15, 0.2) is 0 Å². The number of benzene rings is 1. The molecule has 0 bridgehead atoms. The van der Waals surface area contributed by atoms with Gasteiger partial charge in [-0.1, -0.05) is 27.5 Å². The van der Waals surface area contributed by atoms with Crippen LogP contribution in [0.2, 0.25) is 5.02 Å². The van der Waals surface area contributed by atoms with E-state index in [1.807, 2.05) is 18.2 Å². The lowest BCUT2D eigenvalue weighted by Gasteiger charge is -2.23. The van der Waals surface area contributed by atoms with Crippen LogP contribution in [0.1, 0.15) is 18.4 Å². The van der Waals surface area contributed by atoms with Crippen LogP contribution in [0.15, 0.2) is 22.7 Å². The zero-order valence-electron chi connectivity index (χ0n) is 9.30. The number of amides is 1. The maximum Gasteiger partial charge on any atom is 0.237 e. The summed E-state index contributed by atoms with van der Waals surface area (Å²) in [6.45, 7) is 1.43. The topological polar surface area (TPSA) is 41.1 Å². The number of carbonyl (C=O) groups is 1. The number of hydrogen-bond acceptors (Lipinski definition) is 2. The van der Waals surface area contributed by atoms with Crippen LogP contribution >= 0.6 is 27.5 Å². The Morgan fingerprint density at radius 3 is 3.12 bits per heavy atom. The van der Waals surface area contributed by atoms with Gasteiger partial charge in [-0.05, 0) is 36.6 Å². The Morgan fingerprint density at radius 2 is 2.35 bits per heavy atom. The highest BCUT2D eigenvalue weighted by Gasteiger charge is 2.21. The van der Waals surface area contributed by atoms with Crippen molar-refractivity contribution >= 4 is 33.4 Å². The van der Waals surface area contributed by atoms with E-state index in [-0.39, 0.29) is 11.9 Å². The van der Waals surface area contributed by atoms with Crippen molar-refractivity contribution in [2.45, 2.75) is 25.4 Å². The van der Waals surface area contributed by atoms with E-state index in [0.29, 0.717) is 11.6 Å². The van der Waals surface area contributed by atoms with Gasteiger partial charge in [0.2, 0.25) is 5.91 Å². The molecule has 92 valence electrons. The van der Waals surface area contributed by atoms with Crippen LogP contribution < -0.4 is 10.6 Å². The van der Waals surface area contributed by atoms with Gasteiger partial charge in [0.1, 0.15) is 0 Å². The molecule has 1 amide bonds. The molecule has 1 aromatic rings. The van der Waals surface area contributed by atoms with Crippen LogP contribution in [0.25, 0.3) is 0 Å². The predicted molar refractivity (Wildman–Crippen MR) is 72.0 cm³/mol. The summed E-state index contributed by atoms with van der Waals surface area (Å²) in [5.41, 5.74) is 1.07. The monoisotopic (exact) mass is 316 g/mol. The Balaban J connectivity index is 1.97. The van der Waals surface area contributed by atoms with E-state index in [1.165, 1.54) is 0 Å². The van der Waals surface area contributed by atoms with Crippen LogP contribution in [-0.4, -0.2) is 18.5 Å². The van der Waals surface area contributed by atoms with Crippen LogP contribution in [0.5, 0.6) is 0 Å². The minimum absolute atomic E-state index is 0.0883. The Hall–Kier alpha value is -0.580. The van der Waals surface area contributed by atoms with Crippen molar-refractivity contribution in [2.75, 3.05) is 6.54 Å². The number of hydrogen-bond donors (Lipinski definition) is 2. The Kier molecular flexibility index (Phi) is 4.42. The molecular weight excluding hydrogens is 304 g/mol. The largest absolute Gasteiger partial charge is 0.355 e. The Morgan fingerprint density at radius 1 is 1.53 bits per heavy atom. The molecule has 17 heavy (non-hydrogen) atoms. The zero-order chi connectivity index (χ0) is 12.3. The highest BCUT2D eigenvalue weighted by molar-refractivity contribution is 9.10. The van der Waals surface area contributed by atoms with Crippen molar-refractivity contribution < 1.29 is 4.79 Å². The van der Waals surface area contributed by atoms with E-state index < -0.39 is 0 Å². The van der Waals surface area contributed by atoms with Crippen molar-refractivity contribution in [1.29, 1.82) is 0 Å². The van der Waals surface area contributed by atoms with E-state index in [0.717, 1.165) is 29.4 Å². The highest BCUT2D eigenvalue weighted by atomic mass is 79.9. The van der Waals surface area contributed by atoms with Gasteiger partial charge in [-0.3, -0.25) is 4.79 Å². The summed E-state index contributed by atoms with van der Waals surface area (Å²) in [7, 11) is 0. The van der Waals surface area contributed by atoms with Gasteiger partial charge in [-0.15, -0.1) is 0 Å². The average Bonchev–Trinajstić information content (AvgIpc) is 2.32. The predicted octanol–water partition coefficient (Wildman–Crippen LogP) is 2.47. The van der Waals surface area contributed by atoms with Crippen molar-refractivity contribution in [3.05, 3.63) is 33.3 Å². The molecule has 0 spiro atoms. The van der Waals surface area contributed by atoms with E-state index in [4.69, 9.17) is 11.6 Å². The first kappa shape index (κ1) is 12.9. The molecule has 3 nitrogen and oxygen atoms in total. The third-order valence-corrected chi connectivity index (χ3v) is 3.84. The fourth-order valence-corrected chi connectivity index (χ4v) is 2.46. The minimum Gasteiger partial charge on any atom is -0.355 e. The lowest BCUT2D eigenvalue weighted by Crippen LogP contribution is -2.47. The van der Waals surface area contributed by atoms with Crippen molar-refractivity contribution in [3.8, 4) is 0 Å². The van der Waals surface area contributed by atoms with Crippen LogP contribution in [0.4, 0.5) is 0 Å². The number of carbonyl (C=O) groups excluding carboxylic acids is 1. The van der Waals surface area contributed by atoms with E-state index in [2.05, 4.69) is 26.6 Å². The number of piperidine rings is 1. The molecule has 1 aliphatic rings. The fourth-order valence-electron chi connectivity index (χ4n) is 1.88. The molecule has 1 aliphatic heterocycles. The summed E-state index contributed by atoms with van der Waals surface area (Å²) in [5, 5.41) is 6.82. The van der Waals surface area contributed by atoms with Crippen molar-refractivity contribution in [2.24, 2.45) is 0 Å². The molecule has 0 aliphatic carbocycles. The molecule has 2 rings (SSSR count). The minimum atomic E-state index is -0.0883. The van der Waals surface area contributed by atoms with E-state index >= 15 is 0 Å². The molecule has 1 atom stereocenters. The van der Waals surface area contributed by atoms with Gasteiger partial charge in [-0.2, -0.15) is 0 Å². The summed E-state index contributed by atoms with van der Waals surface area (Å²) in [5.74, 6) is 0.0920. The van der Waals surface area contributed by atoms with Gasteiger partial charge < -0.3 is 10.6 Å². The second-order valence-electron chi connectivity index (χ2n) is 4.10. The second kappa shape index (κ2) is 5.85. The third-order valence-electron chi connectivity index (χ3n) is 2.83. The lowest BCUT2D eigenvalue weighted by molar-refractivity contribution is -0.124. The van der Waals surface area contributed by atoms with Crippen LogP contribution in [0, 0.1) is 0 Å². The molecule has 1 heterocycles. The first-order valence-electron chi connectivity index (χ1n) is 5.62. The summed E-state index contributed by atoms with van der Waals surface area (Å²) in [6, 6.07) is 5.57. The van der Waals surface area contributed by atoms with Crippen molar-refractivity contribution in [3.63, 3.8) is 0 Å². The number of nitrogens with one attached hydrogen (secondary N) is 2. The third kappa shape index (κ3) is 3.44. The van der Waals surface area contributed by atoms with Gasteiger partial charge in [0, 0.05) is 22.6 Å². The smallest absolute Gasteiger partial charge is 0.237 e. The van der Waals surface area contributed by atoms with Crippen molar-refractivity contribution in [1.82, 2.24) is 10.6 Å². The van der Waals surface area contributed by atoms with Crippen LogP contribution in [0.3, 0.4) is 0 Å². The van der Waals surface area contributed by atoms with E-state index in [9.17, 15) is 4.79 Å². The van der Waals surface area contributed by atoms with Crippen LogP contribution in [-0.2, 0) is 11.3 Å². The molecule has 0 radical (unpaired) electrons. The fraction of sp³-hybridized carbons (Fsp3) is 0.417. The first-order chi connectivity index (χ1) is 8.16. The summed E-state index contributed by atoms with van der Waals surface area (Å²) < 4.78 is 1.01. The molecule has 0 saturated carbocycles.